The first-order valence-electron chi connectivity index (χ1n) is 6.55. The molecule has 3 atom stereocenters. The molecule has 2 nitrogen and oxygen atoms in total. The highest BCUT2D eigenvalue weighted by Gasteiger charge is 2.23. The minimum Gasteiger partial charge on any atom is -0.382 e. The Balaban J connectivity index is 2.02. The van der Waals surface area contributed by atoms with Crippen molar-refractivity contribution in [1.82, 2.24) is 5.32 Å². The van der Waals surface area contributed by atoms with Crippen LogP contribution in [-0.2, 0) is 4.74 Å². The molecule has 0 spiro atoms. The number of nitrogens with one attached hydrogen (secondary N) is 1. The van der Waals surface area contributed by atoms with Crippen LogP contribution in [0.1, 0.15) is 46.5 Å². The summed E-state index contributed by atoms with van der Waals surface area (Å²) in [5, 5.41) is 3.65. The van der Waals surface area contributed by atoms with Crippen molar-refractivity contribution in [3.8, 4) is 0 Å². The van der Waals surface area contributed by atoms with E-state index in [1.54, 1.807) is 0 Å². The topological polar surface area (TPSA) is 21.3 Å². The van der Waals surface area contributed by atoms with E-state index in [1.807, 2.05) is 0 Å². The van der Waals surface area contributed by atoms with E-state index in [1.165, 1.54) is 19.3 Å². The zero-order valence-corrected chi connectivity index (χ0v) is 10.6. The Morgan fingerprint density at radius 2 is 2.00 bits per heavy atom. The molecular weight excluding hydrogens is 186 g/mol. The molecular formula is C13H27NO. The van der Waals surface area contributed by atoms with Crippen LogP contribution >= 0.6 is 0 Å². The van der Waals surface area contributed by atoms with Gasteiger partial charge in [-0.05, 0) is 51.0 Å². The summed E-state index contributed by atoms with van der Waals surface area (Å²) in [4.78, 5) is 0. The van der Waals surface area contributed by atoms with Crippen LogP contribution in [0.15, 0.2) is 0 Å². The van der Waals surface area contributed by atoms with Gasteiger partial charge in [0.15, 0.2) is 0 Å². The zero-order valence-electron chi connectivity index (χ0n) is 10.6. The van der Waals surface area contributed by atoms with Crippen molar-refractivity contribution in [2.45, 2.75) is 52.5 Å². The molecule has 0 saturated heterocycles. The van der Waals surface area contributed by atoms with Crippen LogP contribution in [0.2, 0.25) is 0 Å². The Bertz CT molecular complexity index is 161. The van der Waals surface area contributed by atoms with Crippen LogP contribution < -0.4 is 5.32 Å². The molecule has 1 fully saturated rings. The lowest BCUT2D eigenvalue weighted by Gasteiger charge is -2.32. The molecule has 2 heteroatoms. The van der Waals surface area contributed by atoms with Crippen molar-refractivity contribution in [3.05, 3.63) is 0 Å². The molecule has 1 N–H and O–H groups in total. The molecule has 1 aliphatic carbocycles. The lowest BCUT2D eigenvalue weighted by atomic mass is 9.79. The Kier molecular flexibility index (Phi) is 6.26. The van der Waals surface area contributed by atoms with Crippen molar-refractivity contribution < 1.29 is 4.74 Å². The molecule has 0 amide bonds. The third-order valence-corrected chi connectivity index (χ3v) is 3.70. The quantitative estimate of drug-likeness (QED) is 0.685. The molecule has 15 heavy (non-hydrogen) atoms. The van der Waals surface area contributed by atoms with E-state index in [0.717, 1.165) is 44.1 Å². The van der Waals surface area contributed by atoms with Crippen LogP contribution in [-0.4, -0.2) is 25.8 Å². The maximum atomic E-state index is 5.32. The van der Waals surface area contributed by atoms with Gasteiger partial charge in [0.1, 0.15) is 0 Å². The average molecular weight is 213 g/mol. The summed E-state index contributed by atoms with van der Waals surface area (Å²) in [6.07, 6.45) is 5.26. The third kappa shape index (κ3) is 4.98. The fourth-order valence-electron chi connectivity index (χ4n) is 2.36. The van der Waals surface area contributed by atoms with Crippen LogP contribution in [0.4, 0.5) is 0 Å². The maximum absolute atomic E-state index is 5.32. The predicted molar refractivity (Wildman–Crippen MR) is 65.1 cm³/mol. The van der Waals surface area contributed by atoms with E-state index in [2.05, 4.69) is 26.1 Å². The van der Waals surface area contributed by atoms with Gasteiger partial charge in [-0.3, -0.25) is 0 Å². The van der Waals surface area contributed by atoms with Gasteiger partial charge in [-0.1, -0.05) is 13.8 Å². The van der Waals surface area contributed by atoms with Gasteiger partial charge >= 0.3 is 0 Å². The molecule has 0 aromatic heterocycles. The van der Waals surface area contributed by atoms with Crippen LogP contribution in [0.3, 0.4) is 0 Å². The van der Waals surface area contributed by atoms with Crippen molar-refractivity contribution in [3.63, 3.8) is 0 Å². The van der Waals surface area contributed by atoms with Crippen LogP contribution in [0.25, 0.3) is 0 Å². The zero-order chi connectivity index (χ0) is 11.1. The van der Waals surface area contributed by atoms with E-state index >= 15 is 0 Å². The highest BCUT2D eigenvalue weighted by atomic mass is 16.5. The summed E-state index contributed by atoms with van der Waals surface area (Å²) in [5.41, 5.74) is 0. The first kappa shape index (κ1) is 13.0. The fraction of sp³-hybridized carbons (Fsp3) is 1.00. The van der Waals surface area contributed by atoms with Gasteiger partial charge in [-0.2, -0.15) is 0 Å². The van der Waals surface area contributed by atoms with Crippen molar-refractivity contribution in [2.24, 2.45) is 11.8 Å². The van der Waals surface area contributed by atoms with Crippen LogP contribution in [0, 0.1) is 11.8 Å². The molecule has 0 radical (unpaired) electrons. The summed E-state index contributed by atoms with van der Waals surface area (Å²) < 4.78 is 5.32. The Hall–Kier alpha value is -0.0800. The van der Waals surface area contributed by atoms with Crippen molar-refractivity contribution in [1.29, 1.82) is 0 Å². The van der Waals surface area contributed by atoms with Gasteiger partial charge in [-0.25, -0.2) is 0 Å². The number of ether oxygens (including phenoxy) is 1. The molecule has 90 valence electrons. The SMILES string of the molecule is CCOCCCN[C@H]1CC[C@@H](C)[C@H](C)C1. The number of hydrogen-bond donors (Lipinski definition) is 1. The molecule has 0 aromatic carbocycles. The molecule has 1 rings (SSSR count). The third-order valence-electron chi connectivity index (χ3n) is 3.70. The van der Waals surface area contributed by atoms with Gasteiger partial charge in [0.2, 0.25) is 0 Å². The van der Waals surface area contributed by atoms with E-state index in [-0.39, 0.29) is 0 Å². The van der Waals surface area contributed by atoms with E-state index in [4.69, 9.17) is 4.74 Å². The fourth-order valence-corrected chi connectivity index (χ4v) is 2.36. The minimum absolute atomic E-state index is 0.762. The van der Waals surface area contributed by atoms with Crippen molar-refractivity contribution in [2.75, 3.05) is 19.8 Å². The summed E-state index contributed by atoms with van der Waals surface area (Å²) in [5.74, 6) is 1.81. The first-order valence-corrected chi connectivity index (χ1v) is 6.55. The van der Waals surface area contributed by atoms with Crippen LogP contribution in [0.5, 0.6) is 0 Å². The van der Waals surface area contributed by atoms with E-state index in [9.17, 15) is 0 Å². The largest absolute Gasteiger partial charge is 0.382 e. The Labute approximate surface area is 94.8 Å². The molecule has 0 unspecified atom stereocenters. The Morgan fingerprint density at radius 1 is 1.20 bits per heavy atom. The van der Waals surface area contributed by atoms with Gasteiger partial charge in [0.25, 0.3) is 0 Å². The summed E-state index contributed by atoms with van der Waals surface area (Å²) in [7, 11) is 0. The lowest BCUT2D eigenvalue weighted by molar-refractivity contribution is 0.142. The molecule has 0 aromatic rings. The number of hydrogen-bond acceptors (Lipinski definition) is 2. The molecule has 0 bridgehead atoms. The monoisotopic (exact) mass is 213 g/mol. The minimum atomic E-state index is 0.762. The highest BCUT2D eigenvalue weighted by Crippen LogP contribution is 2.29. The summed E-state index contributed by atoms with van der Waals surface area (Å²) >= 11 is 0. The van der Waals surface area contributed by atoms with Crippen molar-refractivity contribution >= 4 is 0 Å². The highest BCUT2D eigenvalue weighted by molar-refractivity contribution is 4.79. The molecule has 1 aliphatic rings. The molecule has 1 saturated carbocycles. The maximum Gasteiger partial charge on any atom is 0.0477 e. The smallest absolute Gasteiger partial charge is 0.0477 e. The normalized spacial score (nSPS) is 31.8. The summed E-state index contributed by atoms with van der Waals surface area (Å²) in [6, 6.07) is 0.762. The van der Waals surface area contributed by atoms with Gasteiger partial charge in [0, 0.05) is 19.3 Å². The van der Waals surface area contributed by atoms with E-state index < -0.39 is 0 Å². The predicted octanol–water partition coefficient (Wildman–Crippen LogP) is 2.83. The second kappa shape index (κ2) is 7.24. The molecule has 0 aliphatic heterocycles. The average Bonchev–Trinajstić information content (AvgIpc) is 2.23. The number of rotatable bonds is 6. The second-order valence-corrected chi connectivity index (χ2v) is 4.97. The molecule has 0 heterocycles. The van der Waals surface area contributed by atoms with Gasteiger partial charge in [-0.15, -0.1) is 0 Å². The Morgan fingerprint density at radius 3 is 2.67 bits per heavy atom. The van der Waals surface area contributed by atoms with E-state index in [0.29, 0.717) is 0 Å². The summed E-state index contributed by atoms with van der Waals surface area (Å²) in [6.45, 7) is 9.69. The van der Waals surface area contributed by atoms with Gasteiger partial charge in [0.05, 0.1) is 0 Å². The lowest BCUT2D eigenvalue weighted by Crippen LogP contribution is -2.36. The second-order valence-electron chi connectivity index (χ2n) is 4.97. The standard InChI is InChI=1S/C13H27NO/c1-4-15-9-5-8-14-13-7-6-11(2)12(3)10-13/h11-14H,4-10H2,1-3H3/t11-,12-,13+/m1/s1. The first-order chi connectivity index (χ1) is 7.24. The van der Waals surface area contributed by atoms with Gasteiger partial charge < -0.3 is 10.1 Å².